The highest BCUT2D eigenvalue weighted by atomic mass is 35.5. The monoisotopic (exact) mass is 390 g/mol. The first kappa shape index (κ1) is 23.5. The Morgan fingerprint density at radius 1 is 1.12 bits per heavy atom. The third-order valence-corrected chi connectivity index (χ3v) is 3.92. The number of para-hydroxylation sites is 1. The fourth-order valence-corrected chi connectivity index (χ4v) is 2.68. The summed E-state index contributed by atoms with van der Waals surface area (Å²) in [6.45, 7) is 5.29. The summed E-state index contributed by atoms with van der Waals surface area (Å²) in [5, 5.41) is 2.74. The molecule has 0 spiro atoms. The predicted octanol–water partition coefficient (Wildman–Crippen LogP) is 1.42. The van der Waals surface area contributed by atoms with Crippen molar-refractivity contribution in [2.75, 3.05) is 37.6 Å². The van der Waals surface area contributed by atoms with E-state index in [-0.39, 0.29) is 42.7 Å². The second-order valence-corrected chi connectivity index (χ2v) is 5.98. The number of anilines is 1. The highest BCUT2D eigenvalue weighted by Gasteiger charge is 2.20. The second kappa shape index (κ2) is 12.0. The minimum Gasteiger partial charge on any atom is -0.368 e. The number of nitrogens with zero attached hydrogens (tertiary/aromatic N) is 2. The molecule has 0 aliphatic carbocycles. The number of rotatable bonds is 6. The first-order valence-corrected chi connectivity index (χ1v) is 8.16. The molecule has 8 heteroatoms. The molecule has 1 aliphatic rings. The van der Waals surface area contributed by atoms with Crippen LogP contribution in [0.3, 0.4) is 0 Å². The highest BCUT2D eigenvalue weighted by Crippen LogP contribution is 2.15. The zero-order valence-electron chi connectivity index (χ0n) is 14.5. The zero-order chi connectivity index (χ0) is 16.7. The molecule has 3 N–H and O–H groups in total. The van der Waals surface area contributed by atoms with Crippen molar-refractivity contribution in [2.24, 2.45) is 5.73 Å². The van der Waals surface area contributed by atoms with E-state index in [1.54, 1.807) is 6.92 Å². The minimum atomic E-state index is -0.156. The molecule has 0 aromatic heterocycles. The normalized spacial score (nSPS) is 14.8. The summed E-state index contributed by atoms with van der Waals surface area (Å²) in [4.78, 5) is 27.8. The lowest BCUT2D eigenvalue weighted by Gasteiger charge is -2.36. The van der Waals surface area contributed by atoms with Crippen LogP contribution in [-0.2, 0) is 9.59 Å². The summed E-state index contributed by atoms with van der Waals surface area (Å²) < 4.78 is 0. The molecule has 1 unspecified atom stereocenters. The van der Waals surface area contributed by atoms with Crippen molar-refractivity contribution < 1.29 is 9.59 Å². The Bertz CT molecular complexity index is 521. The van der Waals surface area contributed by atoms with Gasteiger partial charge >= 0.3 is 0 Å². The number of carbonyl (C=O) groups excluding carboxylic acids is 2. The van der Waals surface area contributed by atoms with Gasteiger partial charge in [0.1, 0.15) is 0 Å². The molecule has 6 nitrogen and oxygen atoms in total. The van der Waals surface area contributed by atoms with Gasteiger partial charge in [0.05, 0.1) is 0 Å². The summed E-state index contributed by atoms with van der Waals surface area (Å²) in [6, 6.07) is 10.1. The van der Waals surface area contributed by atoms with Crippen molar-refractivity contribution in [1.82, 2.24) is 10.2 Å². The Morgan fingerprint density at radius 3 is 2.28 bits per heavy atom. The molecule has 0 bridgehead atoms. The van der Waals surface area contributed by atoms with Gasteiger partial charge in [-0.3, -0.25) is 9.59 Å². The topological polar surface area (TPSA) is 78.7 Å². The minimum absolute atomic E-state index is 0. The van der Waals surface area contributed by atoms with E-state index in [9.17, 15) is 9.59 Å². The Labute approximate surface area is 161 Å². The van der Waals surface area contributed by atoms with Crippen molar-refractivity contribution in [2.45, 2.75) is 25.8 Å². The van der Waals surface area contributed by atoms with Gasteiger partial charge in [-0.05, 0) is 19.1 Å². The van der Waals surface area contributed by atoms with Crippen LogP contribution in [0.2, 0.25) is 0 Å². The summed E-state index contributed by atoms with van der Waals surface area (Å²) >= 11 is 0. The van der Waals surface area contributed by atoms with Crippen LogP contribution in [-0.4, -0.2) is 55.5 Å². The van der Waals surface area contributed by atoms with Crippen LogP contribution in [0.25, 0.3) is 0 Å². The molecular weight excluding hydrogens is 363 g/mol. The van der Waals surface area contributed by atoms with Crippen molar-refractivity contribution in [3.63, 3.8) is 0 Å². The summed E-state index contributed by atoms with van der Waals surface area (Å²) in [5.41, 5.74) is 6.76. The molecule has 2 amide bonds. The van der Waals surface area contributed by atoms with Crippen LogP contribution in [0, 0.1) is 0 Å². The summed E-state index contributed by atoms with van der Waals surface area (Å²) in [7, 11) is 0. The number of piperazine rings is 1. The lowest BCUT2D eigenvalue weighted by molar-refractivity contribution is -0.131. The quantitative estimate of drug-likeness (QED) is 0.769. The van der Waals surface area contributed by atoms with Gasteiger partial charge in [0.2, 0.25) is 11.8 Å². The van der Waals surface area contributed by atoms with E-state index in [4.69, 9.17) is 5.73 Å². The molecule has 1 saturated heterocycles. The molecule has 1 aliphatic heterocycles. The molecule has 0 saturated carbocycles. The predicted molar refractivity (Wildman–Crippen MR) is 106 cm³/mol. The number of benzene rings is 1. The molecule has 25 heavy (non-hydrogen) atoms. The lowest BCUT2D eigenvalue weighted by Crippen LogP contribution is -2.49. The fourth-order valence-electron chi connectivity index (χ4n) is 2.68. The van der Waals surface area contributed by atoms with Crippen molar-refractivity contribution in [3.8, 4) is 0 Å². The van der Waals surface area contributed by atoms with Crippen LogP contribution in [0.1, 0.15) is 19.8 Å². The first-order valence-electron chi connectivity index (χ1n) is 8.16. The van der Waals surface area contributed by atoms with E-state index >= 15 is 0 Å². The average Bonchev–Trinajstić information content (AvgIpc) is 2.55. The standard InChI is InChI=1S/C17H26N4O2.2ClH/c1-14(18)13-16(22)19-8-7-17(23)21-11-9-20(10-12-21)15-5-3-2-4-6-15;;/h2-6,14H,7-13,18H2,1H3,(H,19,22);2*1H. The van der Waals surface area contributed by atoms with E-state index < -0.39 is 0 Å². The molecule has 142 valence electrons. The molecule has 1 aromatic rings. The second-order valence-electron chi connectivity index (χ2n) is 5.98. The van der Waals surface area contributed by atoms with Crippen LogP contribution >= 0.6 is 24.8 Å². The third kappa shape index (κ3) is 7.94. The Balaban J connectivity index is 0.00000288. The summed E-state index contributed by atoms with van der Waals surface area (Å²) in [6.07, 6.45) is 0.639. The maximum atomic E-state index is 12.2. The smallest absolute Gasteiger partial charge is 0.224 e. The van der Waals surface area contributed by atoms with E-state index in [0.29, 0.717) is 19.4 Å². The number of nitrogens with two attached hydrogens (primary N) is 1. The summed E-state index contributed by atoms with van der Waals surface area (Å²) in [5.74, 6) is 0.000468. The lowest BCUT2D eigenvalue weighted by atomic mass is 10.2. The van der Waals surface area contributed by atoms with Gasteiger partial charge in [0.15, 0.2) is 0 Å². The van der Waals surface area contributed by atoms with Crippen LogP contribution in [0.4, 0.5) is 5.69 Å². The fraction of sp³-hybridized carbons (Fsp3) is 0.529. The number of hydrogen-bond donors (Lipinski definition) is 2. The van der Waals surface area contributed by atoms with Crippen molar-refractivity contribution >= 4 is 42.3 Å². The maximum absolute atomic E-state index is 12.2. The van der Waals surface area contributed by atoms with Gasteiger partial charge < -0.3 is 20.9 Å². The number of carbonyl (C=O) groups is 2. The van der Waals surface area contributed by atoms with Crippen LogP contribution < -0.4 is 16.0 Å². The van der Waals surface area contributed by atoms with Gasteiger partial charge in [-0.2, -0.15) is 0 Å². The molecule has 1 fully saturated rings. The molecular formula is C17H28Cl2N4O2. The Hall–Kier alpha value is -1.50. The molecule has 0 radical (unpaired) electrons. The van der Waals surface area contributed by atoms with E-state index in [1.165, 1.54) is 5.69 Å². The number of amides is 2. The Kier molecular flexibility index (Phi) is 11.2. The number of halogens is 2. The highest BCUT2D eigenvalue weighted by molar-refractivity contribution is 5.85. The zero-order valence-corrected chi connectivity index (χ0v) is 16.2. The maximum Gasteiger partial charge on any atom is 0.224 e. The van der Waals surface area contributed by atoms with E-state index in [2.05, 4.69) is 22.3 Å². The molecule has 1 heterocycles. The molecule has 2 rings (SSSR count). The van der Waals surface area contributed by atoms with E-state index in [0.717, 1.165) is 26.2 Å². The number of nitrogens with one attached hydrogen (secondary N) is 1. The number of hydrogen-bond acceptors (Lipinski definition) is 4. The SMILES string of the molecule is CC(N)CC(=O)NCCC(=O)N1CCN(c2ccccc2)CC1.Cl.Cl. The van der Waals surface area contributed by atoms with Crippen LogP contribution in [0.5, 0.6) is 0 Å². The van der Waals surface area contributed by atoms with Crippen LogP contribution in [0.15, 0.2) is 30.3 Å². The Morgan fingerprint density at radius 2 is 1.72 bits per heavy atom. The van der Waals surface area contributed by atoms with Crippen molar-refractivity contribution in [3.05, 3.63) is 30.3 Å². The average molecular weight is 391 g/mol. The van der Waals surface area contributed by atoms with E-state index in [1.807, 2.05) is 23.1 Å². The van der Waals surface area contributed by atoms with Gasteiger partial charge in [0.25, 0.3) is 0 Å². The molecule has 1 aromatic carbocycles. The largest absolute Gasteiger partial charge is 0.368 e. The third-order valence-electron chi connectivity index (χ3n) is 3.92. The van der Waals surface area contributed by atoms with Crippen molar-refractivity contribution in [1.29, 1.82) is 0 Å². The first-order chi connectivity index (χ1) is 11.1. The molecule has 1 atom stereocenters. The van der Waals surface area contributed by atoms with Gasteiger partial charge in [-0.1, -0.05) is 18.2 Å². The van der Waals surface area contributed by atoms with Gasteiger partial charge in [-0.25, -0.2) is 0 Å². The van der Waals surface area contributed by atoms with Gasteiger partial charge in [0, 0.05) is 57.3 Å². The van der Waals surface area contributed by atoms with Gasteiger partial charge in [-0.15, -0.1) is 24.8 Å².